The Morgan fingerprint density at radius 2 is 1.73 bits per heavy atom. The highest BCUT2D eigenvalue weighted by Gasteiger charge is 2.69. The second-order valence-electron chi connectivity index (χ2n) is 14.1. The van der Waals surface area contributed by atoms with E-state index in [4.69, 9.17) is 0 Å². The first kappa shape index (κ1) is 31.2. The zero-order chi connectivity index (χ0) is 30.2. The van der Waals surface area contributed by atoms with E-state index in [2.05, 4.69) is 34.8 Å². The van der Waals surface area contributed by atoms with Gasteiger partial charge in [0.2, 0.25) is 23.5 Å². The molecular formula is C30H45N5O5. The maximum atomic E-state index is 14.0. The van der Waals surface area contributed by atoms with Gasteiger partial charge in [0, 0.05) is 38.8 Å². The summed E-state index contributed by atoms with van der Waals surface area (Å²) >= 11 is 0. The number of aromatic nitrogens is 1. The summed E-state index contributed by atoms with van der Waals surface area (Å²) in [4.78, 5) is 71.7. The number of ketones is 1. The predicted molar refractivity (Wildman–Crippen MR) is 151 cm³/mol. The topological polar surface area (TPSA) is 138 Å². The molecule has 2 aliphatic rings. The number of carbonyl (C=O) groups excluding carboxylic acids is 5. The van der Waals surface area contributed by atoms with E-state index in [-0.39, 0.29) is 47.3 Å². The lowest BCUT2D eigenvalue weighted by molar-refractivity contribution is -0.146. The number of nitrogens with one attached hydrogen (secondary N) is 3. The van der Waals surface area contributed by atoms with Crippen LogP contribution in [-0.2, 0) is 30.4 Å². The number of piperidine rings is 1. The fourth-order valence-electron chi connectivity index (χ4n) is 5.82. The summed E-state index contributed by atoms with van der Waals surface area (Å²) in [6.07, 6.45) is 3.51. The molecule has 1 aromatic rings. The average molecular weight is 556 g/mol. The Morgan fingerprint density at radius 3 is 2.25 bits per heavy atom. The molecule has 1 aliphatic carbocycles. The highest BCUT2D eigenvalue weighted by atomic mass is 16.2. The third-order valence-corrected chi connectivity index (χ3v) is 8.12. The monoisotopic (exact) mass is 555 g/mol. The van der Waals surface area contributed by atoms with Crippen LogP contribution in [-0.4, -0.2) is 71.0 Å². The molecule has 2 fully saturated rings. The molecule has 0 spiro atoms. The highest BCUT2D eigenvalue weighted by molar-refractivity contribution is 6.38. The van der Waals surface area contributed by atoms with Crippen LogP contribution in [0.2, 0.25) is 0 Å². The number of rotatable bonds is 9. The van der Waals surface area contributed by atoms with Crippen molar-refractivity contribution in [3.8, 4) is 0 Å². The van der Waals surface area contributed by atoms with Gasteiger partial charge >= 0.3 is 0 Å². The van der Waals surface area contributed by atoms with Crippen molar-refractivity contribution in [3.63, 3.8) is 0 Å². The zero-order valence-electron chi connectivity index (χ0n) is 25.3. The quantitative estimate of drug-likeness (QED) is 0.398. The highest BCUT2D eigenvalue weighted by Crippen LogP contribution is 2.65. The van der Waals surface area contributed by atoms with Crippen molar-refractivity contribution in [2.45, 2.75) is 86.4 Å². The van der Waals surface area contributed by atoms with Gasteiger partial charge in [-0.2, -0.15) is 0 Å². The van der Waals surface area contributed by atoms with Crippen LogP contribution >= 0.6 is 0 Å². The van der Waals surface area contributed by atoms with Gasteiger partial charge in [0.1, 0.15) is 18.1 Å². The van der Waals surface area contributed by atoms with E-state index in [0.29, 0.717) is 12.1 Å². The molecule has 1 saturated carbocycles. The number of nitrogens with zero attached hydrogens (tertiary/aromatic N) is 2. The summed E-state index contributed by atoms with van der Waals surface area (Å²) < 4.78 is 0. The van der Waals surface area contributed by atoms with Gasteiger partial charge in [-0.3, -0.25) is 29.0 Å². The van der Waals surface area contributed by atoms with Crippen LogP contribution in [0.1, 0.15) is 67.4 Å². The Hall–Kier alpha value is -3.30. The fourth-order valence-corrected chi connectivity index (χ4v) is 5.82. The maximum Gasteiger partial charge on any atom is 0.289 e. The molecule has 1 saturated heterocycles. The van der Waals surface area contributed by atoms with Gasteiger partial charge < -0.3 is 20.9 Å². The molecule has 2 heterocycles. The smallest absolute Gasteiger partial charge is 0.289 e. The molecule has 0 bridgehead atoms. The number of fused-ring (bicyclic) bond motifs is 1. The van der Waals surface area contributed by atoms with E-state index in [9.17, 15) is 24.0 Å². The Kier molecular flexibility index (Phi) is 8.82. The third kappa shape index (κ3) is 6.88. The minimum absolute atomic E-state index is 0.0808. The number of hydrogen-bond donors (Lipinski definition) is 3. The van der Waals surface area contributed by atoms with Crippen molar-refractivity contribution >= 4 is 29.4 Å². The first-order valence-corrected chi connectivity index (χ1v) is 13.9. The minimum Gasteiger partial charge on any atom is -0.353 e. The van der Waals surface area contributed by atoms with Crippen LogP contribution in [0, 0.1) is 28.1 Å². The minimum atomic E-state index is -1.13. The van der Waals surface area contributed by atoms with E-state index < -0.39 is 41.1 Å². The zero-order valence-corrected chi connectivity index (χ0v) is 25.3. The first-order chi connectivity index (χ1) is 18.4. The number of pyridine rings is 1. The molecule has 3 rings (SSSR count). The molecule has 1 aliphatic heterocycles. The summed E-state index contributed by atoms with van der Waals surface area (Å²) in [5.74, 6) is -2.59. The first-order valence-electron chi connectivity index (χ1n) is 13.9. The van der Waals surface area contributed by atoms with Gasteiger partial charge in [0.25, 0.3) is 5.91 Å². The second-order valence-corrected chi connectivity index (χ2v) is 14.1. The van der Waals surface area contributed by atoms with Gasteiger partial charge in [0.15, 0.2) is 0 Å². The van der Waals surface area contributed by atoms with Crippen LogP contribution in [0.15, 0.2) is 24.5 Å². The summed E-state index contributed by atoms with van der Waals surface area (Å²) in [7, 11) is 1.36. The van der Waals surface area contributed by atoms with Crippen LogP contribution in [0.25, 0.3) is 0 Å². The van der Waals surface area contributed by atoms with Crippen LogP contribution < -0.4 is 16.0 Å². The Bertz CT molecular complexity index is 1150. The molecule has 10 heteroatoms. The Morgan fingerprint density at radius 1 is 1.07 bits per heavy atom. The van der Waals surface area contributed by atoms with Gasteiger partial charge in [0.05, 0.1) is 0 Å². The predicted octanol–water partition coefficient (Wildman–Crippen LogP) is 1.87. The Labute approximate surface area is 237 Å². The largest absolute Gasteiger partial charge is 0.353 e. The van der Waals surface area contributed by atoms with Gasteiger partial charge in [-0.25, -0.2) is 0 Å². The van der Waals surface area contributed by atoms with Gasteiger partial charge in [-0.1, -0.05) is 61.5 Å². The van der Waals surface area contributed by atoms with Crippen molar-refractivity contribution in [2.24, 2.45) is 28.1 Å². The van der Waals surface area contributed by atoms with Crippen molar-refractivity contribution in [2.75, 3.05) is 13.6 Å². The Balaban J connectivity index is 1.88. The number of Topliss-reactive ketones (excluding diaryl/α,β-unsaturated/α-hetero) is 1. The molecular weight excluding hydrogens is 510 g/mol. The molecule has 10 nitrogen and oxygen atoms in total. The summed E-state index contributed by atoms with van der Waals surface area (Å²) in [6.45, 7) is 16.0. The number of carbonyl (C=O) groups is 5. The van der Waals surface area contributed by atoms with E-state index in [1.807, 2.05) is 41.5 Å². The lowest BCUT2D eigenvalue weighted by Gasteiger charge is -2.38. The van der Waals surface area contributed by atoms with Crippen LogP contribution in [0.5, 0.6) is 0 Å². The van der Waals surface area contributed by atoms with Crippen molar-refractivity contribution < 1.29 is 24.0 Å². The average Bonchev–Trinajstić information content (AvgIpc) is 3.16. The van der Waals surface area contributed by atoms with Crippen molar-refractivity contribution in [1.82, 2.24) is 25.8 Å². The molecule has 1 aromatic heterocycles. The molecule has 0 radical (unpaired) electrons. The molecule has 3 N–H and O–H groups in total. The number of hydrogen-bond acceptors (Lipinski definition) is 6. The van der Waals surface area contributed by atoms with Gasteiger partial charge in [-0.15, -0.1) is 0 Å². The van der Waals surface area contributed by atoms with E-state index in [1.165, 1.54) is 7.05 Å². The molecule has 0 unspecified atom stereocenters. The van der Waals surface area contributed by atoms with Crippen molar-refractivity contribution in [3.05, 3.63) is 30.1 Å². The lowest BCUT2D eigenvalue weighted by atomic mass is 9.84. The van der Waals surface area contributed by atoms with Crippen molar-refractivity contribution in [1.29, 1.82) is 0 Å². The van der Waals surface area contributed by atoms with E-state index in [1.54, 1.807) is 29.4 Å². The lowest BCUT2D eigenvalue weighted by Crippen LogP contribution is -2.60. The van der Waals surface area contributed by atoms with E-state index in [0.717, 1.165) is 0 Å². The fraction of sp³-hybridized carbons (Fsp3) is 0.667. The van der Waals surface area contributed by atoms with Gasteiger partial charge in [-0.05, 0) is 39.7 Å². The van der Waals surface area contributed by atoms with E-state index >= 15 is 0 Å². The molecule has 220 valence electrons. The third-order valence-electron chi connectivity index (χ3n) is 8.12. The molecule has 0 aromatic carbocycles. The summed E-state index contributed by atoms with van der Waals surface area (Å²) in [5, 5.41) is 8.07. The normalized spacial score (nSPS) is 22.9. The van der Waals surface area contributed by atoms with Crippen LogP contribution in [0.3, 0.4) is 0 Å². The molecule has 40 heavy (non-hydrogen) atoms. The molecule has 5 atom stereocenters. The molecule has 4 amide bonds. The standard InChI is InChI=1S/C30H45N5O5/c1-28(2,3)14-20(36)34-24(29(4,5)6)27(40)35-16-18-21(30(18,7)8)22(35)25(38)33-19(23(37)26(39)31-9)13-17-11-10-12-32-15-17/h10-12,15,18-19,21-22,24H,13-14,16H2,1-9H3,(H,31,39)(H,33,38)(H,34,36)/t18-,19-,21-,22-,24+/m0/s1. The SMILES string of the molecule is CNC(=O)C(=O)[C@H](Cc1cccnc1)NC(=O)[C@@H]1[C@@H]2[C@H](CN1C(=O)[C@@H](NC(=O)CC(C)(C)C)C(C)(C)C)C2(C)C. The maximum absolute atomic E-state index is 14.0. The second kappa shape index (κ2) is 11.3. The summed E-state index contributed by atoms with van der Waals surface area (Å²) in [5.41, 5.74) is -0.331. The summed E-state index contributed by atoms with van der Waals surface area (Å²) in [6, 6.07) is 0.693. The number of amides is 4. The number of likely N-dealkylation sites (N-methyl/N-ethyl adjacent to an activating group) is 1. The number of likely N-dealkylation sites (tertiary alicyclic amines) is 1. The van der Waals surface area contributed by atoms with Crippen LogP contribution in [0.4, 0.5) is 0 Å².